The zero-order valence-electron chi connectivity index (χ0n) is 10.3. The highest BCUT2D eigenvalue weighted by molar-refractivity contribution is 5.85. The van der Waals surface area contributed by atoms with Gasteiger partial charge < -0.3 is 5.32 Å². The fraction of sp³-hybridized carbons (Fsp3) is 0.538. The van der Waals surface area contributed by atoms with Crippen molar-refractivity contribution in [3.8, 4) is 0 Å². The van der Waals surface area contributed by atoms with Crippen LogP contribution < -0.4 is 5.32 Å². The van der Waals surface area contributed by atoms with E-state index in [1.807, 2.05) is 6.07 Å². The summed E-state index contributed by atoms with van der Waals surface area (Å²) in [5.74, 6) is -0.145. The molecule has 1 heterocycles. The largest absolute Gasteiger partial charge is 0.309 e. The van der Waals surface area contributed by atoms with E-state index in [2.05, 4.69) is 24.1 Å². The van der Waals surface area contributed by atoms with E-state index in [0.717, 1.165) is 25.2 Å². The first kappa shape index (κ1) is 14.4. The van der Waals surface area contributed by atoms with Gasteiger partial charge >= 0.3 is 0 Å². The quantitative estimate of drug-likeness (QED) is 0.877. The number of nitrogens with one attached hydrogen (secondary N) is 1. The molecule has 1 saturated heterocycles. The summed E-state index contributed by atoms with van der Waals surface area (Å²) in [4.78, 5) is 2.38. The maximum Gasteiger partial charge on any atom is 0.123 e. The van der Waals surface area contributed by atoms with Gasteiger partial charge in [0.25, 0.3) is 0 Å². The van der Waals surface area contributed by atoms with Gasteiger partial charge in [0.1, 0.15) is 5.82 Å². The third kappa shape index (κ3) is 4.26. The summed E-state index contributed by atoms with van der Waals surface area (Å²) in [7, 11) is 0. The van der Waals surface area contributed by atoms with Crippen molar-refractivity contribution in [3.63, 3.8) is 0 Å². The molecule has 17 heavy (non-hydrogen) atoms. The van der Waals surface area contributed by atoms with Gasteiger partial charge in [0, 0.05) is 31.7 Å². The van der Waals surface area contributed by atoms with Crippen LogP contribution in [0, 0.1) is 5.82 Å². The summed E-state index contributed by atoms with van der Waals surface area (Å²) in [6.45, 7) is 7.28. The molecule has 2 atom stereocenters. The highest BCUT2D eigenvalue weighted by Gasteiger charge is 2.20. The molecule has 1 aromatic rings. The Balaban J connectivity index is 0.00000144. The average molecular weight is 259 g/mol. The number of nitrogens with zero attached hydrogens (tertiary/aromatic N) is 1. The first-order chi connectivity index (χ1) is 7.63. The van der Waals surface area contributed by atoms with Gasteiger partial charge in [-0.1, -0.05) is 12.1 Å². The lowest BCUT2D eigenvalue weighted by molar-refractivity contribution is 0.166. The predicted octanol–water partition coefficient (Wildman–Crippen LogP) is 2.43. The topological polar surface area (TPSA) is 15.3 Å². The van der Waals surface area contributed by atoms with Crippen LogP contribution >= 0.6 is 12.4 Å². The summed E-state index contributed by atoms with van der Waals surface area (Å²) >= 11 is 0. The minimum atomic E-state index is -0.145. The number of hydrogen-bond donors (Lipinski definition) is 1. The maximum absolute atomic E-state index is 13.0. The highest BCUT2D eigenvalue weighted by Crippen LogP contribution is 2.11. The molecule has 1 aliphatic rings. The van der Waals surface area contributed by atoms with Gasteiger partial charge in [0.2, 0.25) is 0 Å². The lowest BCUT2D eigenvalue weighted by Crippen LogP contribution is -2.53. The molecule has 0 spiro atoms. The average Bonchev–Trinajstić information content (AvgIpc) is 2.15. The van der Waals surface area contributed by atoms with Crippen molar-refractivity contribution in [1.29, 1.82) is 0 Å². The number of rotatable bonds is 2. The van der Waals surface area contributed by atoms with Gasteiger partial charge in [-0.05, 0) is 31.5 Å². The number of benzene rings is 1. The summed E-state index contributed by atoms with van der Waals surface area (Å²) in [5.41, 5.74) is 1.06. The van der Waals surface area contributed by atoms with E-state index in [0.29, 0.717) is 12.1 Å². The van der Waals surface area contributed by atoms with Crippen molar-refractivity contribution in [2.24, 2.45) is 0 Å². The van der Waals surface area contributed by atoms with E-state index in [1.54, 1.807) is 12.1 Å². The molecule has 2 rings (SSSR count). The Kier molecular flexibility index (Phi) is 5.37. The summed E-state index contributed by atoms with van der Waals surface area (Å²) in [6, 6.07) is 7.90. The van der Waals surface area contributed by atoms with Crippen LogP contribution in [0.4, 0.5) is 4.39 Å². The minimum Gasteiger partial charge on any atom is -0.309 e. The van der Waals surface area contributed by atoms with Gasteiger partial charge in [-0.3, -0.25) is 4.90 Å². The molecule has 0 aromatic heterocycles. The zero-order chi connectivity index (χ0) is 11.5. The molecule has 1 fully saturated rings. The Morgan fingerprint density at radius 1 is 1.29 bits per heavy atom. The van der Waals surface area contributed by atoms with E-state index >= 15 is 0 Å². The second-order valence-corrected chi connectivity index (χ2v) is 4.79. The van der Waals surface area contributed by atoms with Crippen LogP contribution in [0.1, 0.15) is 19.4 Å². The van der Waals surface area contributed by atoms with E-state index in [1.165, 1.54) is 6.07 Å². The first-order valence-electron chi connectivity index (χ1n) is 5.86. The molecular formula is C13H20ClFN2. The molecule has 2 unspecified atom stereocenters. The first-order valence-corrected chi connectivity index (χ1v) is 5.86. The van der Waals surface area contributed by atoms with Crippen molar-refractivity contribution >= 4 is 12.4 Å². The van der Waals surface area contributed by atoms with E-state index in [9.17, 15) is 4.39 Å². The van der Waals surface area contributed by atoms with Crippen LogP contribution in [0.2, 0.25) is 0 Å². The fourth-order valence-corrected chi connectivity index (χ4v) is 2.46. The third-order valence-corrected chi connectivity index (χ3v) is 2.93. The Bertz CT molecular complexity index is 349. The lowest BCUT2D eigenvalue weighted by Gasteiger charge is -2.36. The molecule has 2 nitrogen and oxygen atoms in total. The normalized spacial score (nSPS) is 25.4. The summed E-state index contributed by atoms with van der Waals surface area (Å²) in [6.07, 6.45) is 0. The molecule has 0 aliphatic carbocycles. The standard InChI is InChI=1S/C13H19FN2.ClH/c1-10-7-16(8-11(2)15-10)9-12-4-3-5-13(14)6-12;/h3-6,10-11,15H,7-9H2,1-2H3;1H. The van der Waals surface area contributed by atoms with E-state index in [4.69, 9.17) is 0 Å². The number of piperazine rings is 1. The monoisotopic (exact) mass is 258 g/mol. The molecule has 4 heteroatoms. The lowest BCUT2D eigenvalue weighted by atomic mass is 10.1. The Morgan fingerprint density at radius 2 is 1.94 bits per heavy atom. The Hall–Kier alpha value is -0.640. The highest BCUT2D eigenvalue weighted by atomic mass is 35.5. The van der Waals surface area contributed by atoms with Crippen LogP contribution in [-0.2, 0) is 6.54 Å². The number of hydrogen-bond acceptors (Lipinski definition) is 2. The van der Waals surface area contributed by atoms with Crippen molar-refractivity contribution in [3.05, 3.63) is 35.6 Å². The summed E-state index contributed by atoms with van der Waals surface area (Å²) in [5, 5.41) is 3.49. The second-order valence-electron chi connectivity index (χ2n) is 4.79. The number of halogens is 2. The van der Waals surface area contributed by atoms with E-state index < -0.39 is 0 Å². The van der Waals surface area contributed by atoms with Gasteiger partial charge in [-0.15, -0.1) is 12.4 Å². The fourth-order valence-electron chi connectivity index (χ4n) is 2.46. The molecule has 0 saturated carbocycles. The van der Waals surface area contributed by atoms with E-state index in [-0.39, 0.29) is 18.2 Å². The zero-order valence-corrected chi connectivity index (χ0v) is 11.1. The molecule has 0 bridgehead atoms. The maximum atomic E-state index is 13.0. The van der Waals surface area contributed by atoms with Crippen molar-refractivity contribution < 1.29 is 4.39 Å². The molecule has 0 amide bonds. The second kappa shape index (κ2) is 6.34. The van der Waals surface area contributed by atoms with Crippen LogP contribution in [0.15, 0.2) is 24.3 Å². The van der Waals surface area contributed by atoms with Crippen molar-refractivity contribution in [2.45, 2.75) is 32.5 Å². The molecular weight excluding hydrogens is 239 g/mol. The molecule has 1 aromatic carbocycles. The van der Waals surface area contributed by atoms with Crippen LogP contribution in [0.5, 0.6) is 0 Å². The van der Waals surface area contributed by atoms with Gasteiger partial charge in [0.05, 0.1) is 0 Å². The van der Waals surface area contributed by atoms with Crippen molar-refractivity contribution in [2.75, 3.05) is 13.1 Å². The molecule has 1 aliphatic heterocycles. The SMILES string of the molecule is CC1CN(Cc2cccc(F)c2)CC(C)N1.Cl. The van der Waals surface area contributed by atoms with Crippen molar-refractivity contribution in [1.82, 2.24) is 10.2 Å². The van der Waals surface area contributed by atoms with Crippen LogP contribution in [0.3, 0.4) is 0 Å². The van der Waals surface area contributed by atoms with Gasteiger partial charge in [-0.25, -0.2) is 4.39 Å². The summed E-state index contributed by atoms with van der Waals surface area (Å²) < 4.78 is 13.0. The molecule has 1 N–H and O–H groups in total. The molecule has 96 valence electrons. The Morgan fingerprint density at radius 3 is 2.53 bits per heavy atom. The van der Waals surface area contributed by atoms with Gasteiger partial charge in [-0.2, -0.15) is 0 Å². The Labute approximate surface area is 109 Å². The smallest absolute Gasteiger partial charge is 0.123 e. The van der Waals surface area contributed by atoms with Crippen LogP contribution in [0.25, 0.3) is 0 Å². The van der Waals surface area contributed by atoms with Crippen LogP contribution in [-0.4, -0.2) is 30.1 Å². The predicted molar refractivity (Wildman–Crippen MR) is 71.0 cm³/mol. The minimum absolute atomic E-state index is 0. The third-order valence-electron chi connectivity index (χ3n) is 2.93. The molecule has 0 radical (unpaired) electrons. The van der Waals surface area contributed by atoms with Gasteiger partial charge in [0.15, 0.2) is 0 Å².